The van der Waals surface area contributed by atoms with Crippen LogP contribution in [0.1, 0.15) is 21.5 Å². The van der Waals surface area contributed by atoms with Crippen molar-refractivity contribution in [2.24, 2.45) is 0 Å². The summed E-state index contributed by atoms with van der Waals surface area (Å²) in [7, 11) is 3.76. The molecule has 0 atom stereocenters. The number of rotatable bonds is 6. The molecule has 0 aliphatic heterocycles. The van der Waals surface area contributed by atoms with Crippen molar-refractivity contribution in [3.8, 4) is 0 Å². The van der Waals surface area contributed by atoms with E-state index in [1.807, 2.05) is 68.7 Å². The van der Waals surface area contributed by atoms with Crippen LogP contribution in [0.3, 0.4) is 0 Å². The molecule has 1 amide bonds. The van der Waals surface area contributed by atoms with Gasteiger partial charge in [0.1, 0.15) is 0 Å². The first-order valence-corrected chi connectivity index (χ1v) is 8.68. The fourth-order valence-corrected chi connectivity index (χ4v) is 2.66. The lowest BCUT2D eigenvalue weighted by Gasteiger charge is -2.09. The molecule has 0 fully saturated rings. The van der Waals surface area contributed by atoms with Crippen molar-refractivity contribution in [1.29, 1.82) is 0 Å². The average Bonchev–Trinajstić information content (AvgIpc) is 2.73. The van der Waals surface area contributed by atoms with Gasteiger partial charge in [-0.3, -0.25) is 9.78 Å². The Labute approximate surface area is 159 Å². The smallest absolute Gasteiger partial charge is 0.255 e. The molecule has 3 rings (SSSR count). The van der Waals surface area contributed by atoms with Gasteiger partial charge in [0, 0.05) is 37.2 Å². The molecule has 5 nitrogen and oxygen atoms in total. The number of hydrogen-bond donors (Lipinski definition) is 3. The molecule has 0 radical (unpaired) electrons. The number of pyridine rings is 1. The summed E-state index contributed by atoms with van der Waals surface area (Å²) in [4.78, 5) is 16.5. The van der Waals surface area contributed by atoms with E-state index in [4.69, 9.17) is 0 Å². The number of amides is 1. The number of benzene rings is 2. The van der Waals surface area contributed by atoms with Crippen molar-refractivity contribution in [2.75, 3.05) is 30.0 Å². The standard InChI is InChI=1S/C22H22N4O/c1-23-19-10-6-16(7-11-19)5-8-17-14-18(9-12-21(17)24-2)22(27)26-20-4-3-13-25-15-20/h3-15,23-24H,1-2H3,(H,26,27)/b8-5+. The summed E-state index contributed by atoms with van der Waals surface area (Å²) >= 11 is 0. The second-order valence-electron chi connectivity index (χ2n) is 5.95. The highest BCUT2D eigenvalue weighted by Crippen LogP contribution is 2.21. The highest BCUT2D eigenvalue weighted by Gasteiger charge is 2.08. The zero-order chi connectivity index (χ0) is 19.1. The molecule has 1 aromatic heterocycles. The largest absolute Gasteiger partial charge is 0.388 e. The Morgan fingerprint density at radius 2 is 1.74 bits per heavy atom. The molecule has 0 bridgehead atoms. The van der Waals surface area contributed by atoms with Gasteiger partial charge in [-0.1, -0.05) is 24.3 Å². The van der Waals surface area contributed by atoms with Crippen molar-refractivity contribution in [1.82, 2.24) is 4.98 Å². The van der Waals surface area contributed by atoms with E-state index in [-0.39, 0.29) is 5.91 Å². The van der Waals surface area contributed by atoms with Gasteiger partial charge in [-0.15, -0.1) is 0 Å². The van der Waals surface area contributed by atoms with Crippen LogP contribution in [-0.2, 0) is 0 Å². The first-order valence-electron chi connectivity index (χ1n) is 8.68. The first-order chi connectivity index (χ1) is 13.2. The van der Waals surface area contributed by atoms with Gasteiger partial charge in [0.2, 0.25) is 0 Å². The van der Waals surface area contributed by atoms with Crippen molar-refractivity contribution >= 4 is 35.1 Å². The number of carbonyl (C=O) groups excluding carboxylic acids is 1. The second kappa shape index (κ2) is 8.67. The Kier molecular flexibility index (Phi) is 5.84. The zero-order valence-electron chi connectivity index (χ0n) is 15.4. The van der Waals surface area contributed by atoms with Crippen LogP contribution in [0.25, 0.3) is 12.2 Å². The average molecular weight is 358 g/mol. The van der Waals surface area contributed by atoms with Gasteiger partial charge in [-0.25, -0.2) is 0 Å². The topological polar surface area (TPSA) is 66.0 Å². The molecule has 0 spiro atoms. The van der Waals surface area contributed by atoms with Gasteiger partial charge in [0.25, 0.3) is 5.91 Å². The van der Waals surface area contributed by atoms with Crippen molar-refractivity contribution < 1.29 is 4.79 Å². The van der Waals surface area contributed by atoms with E-state index in [1.165, 1.54) is 0 Å². The Balaban J connectivity index is 1.82. The molecular formula is C22H22N4O. The predicted molar refractivity (Wildman–Crippen MR) is 113 cm³/mol. The molecule has 0 saturated heterocycles. The van der Waals surface area contributed by atoms with Crippen LogP contribution in [0.2, 0.25) is 0 Å². The van der Waals surface area contributed by atoms with Crippen LogP contribution in [-0.4, -0.2) is 25.0 Å². The Bertz CT molecular complexity index is 934. The van der Waals surface area contributed by atoms with Gasteiger partial charge < -0.3 is 16.0 Å². The summed E-state index contributed by atoms with van der Waals surface area (Å²) in [6.45, 7) is 0. The van der Waals surface area contributed by atoms with Crippen molar-refractivity contribution in [2.45, 2.75) is 0 Å². The summed E-state index contributed by atoms with van der Waals surface area (Å²) in [6, 6.07) is 17.3. The second-order valence-corrected chi connectivity index (χ2v) is 5.95. The SMILES string of the molecule is CNc1ccc(/C=C/c2cc(C(=O)Nc3cccnc3)ccc2NC)cc1. The summed E-state index contributed by atoms with van der Waals surface area (Å²) in [5, 5.41) is 9.12. The van der Waals surface area contributed by atoms with Crippen LogP contribution in [0, 0.1) is 0 Å². The zero-order valence-corrected chi connectivity index (χ0v) is 15.4. The van der Waals surface area contributed by atoms with E-state index in [1.54, 1.807) is 24.5 Å². The van der Waals surface area contributed by atoms with Crippen LogP contribution < -0.4 is 16.0 Å². The van der Waals surface area contributed by atoms with Gasteiger partial charge >= 0.3 is 0 Å². The maximum absolute atomic E-state index is 12.5. The minimum absolute atomic E-state index is 0.168. The van der Waals surface area contributed by atoms with E-state index >= 15 is 0 Å². The molecule has 0 unspecified atom stereocenters. The molecular weight excluding hydrogens is 336 g/mol. The highest BCUT2D eigenvalue weighted by molar-refractivity contribution is 6.05. The van der Waals surface area contributed by atoms with Crippen LogP contribution in [0.15, 0.2) is 67.0 Å². The lowest BCUT2D eigenvalue weighted by molar-refractivity contribution is 0.102. The lowest BCUT2D eigenvalue weighted by Crippen LogP contribution is -2.12. The number of aromatic nitrogens is 1. The maximum atomic E-state index is 12.5. The third kappa shape index (κ3) is 4.73. The maximum Gasteiger partial charge on any atom is 0.255 e. The monoisotopic (exact) mass is 358 g/mol. The Morgan fingerprint density at radius 3 is 2.41 bits per heavy atom. The normalized spacial score (nSPS) is 10.6. The van der Waals surface area contributed by atoms with E-state index < -0.39 is 0 Å². The van der Waals surface area contributed by atoms with Gasteiger partial charge in [0.15, 0.2) is 0 Å². The van der Waals surface area contributed by atoms with E-state index in [0.29, 0.717) is 11.3 Å². The number of anilines is 3. The van der Waals surface area contributed by atoms with E-state index in [2.05, 4.69) is 20.9 Å². The lowest BCUT2D eigenvalue weighted by atomic mass is 10.1. The predicted octanol–water partition coefficient (Wildman–Crippen LogP) is 4.59. The summed E-state index contributed by atoms with van der Waals surface area (Å²) in [5.74, 6) is -0.168. The molecule has 3 aromatic rings. The molecule has 0 aliphatic rings. The molecule has 2 aromatic carbocycles. The van der Waals surface area contributed by atoms with E-state index in [0.717, 1.165) is 22.5 Å². The molecule has 27 heavy (non-hydrogen) atoms. The molecule has 0 aliphatic carbocycles. The minimum Gasteiger partial charge on any atom is -0.388 e. The molecule has 5 heteroatoms. The Hall–Kier alpha value is -3.60. The fraction of sp³-hybridized carbons (Fsp3) is 0.0909. The molecule has 0 saturated carbocycles. The molecule has 1 heterocycles. The van der Waals surface area contributed by atoms with Gasteiger partial charge in [-0.2, -0.15) is 0 Å². The van der Waals surface area contributed by atoms with Crippen LogP contribution in [0.5, 0.6) is 0 Å². The number of hydrogen-bond acceptors (Lipinski definition) is 4. The first kappa shape index (κ1) is 18.2. The van der Waals surface area contributed by atoms with Gasteiger partial charge in [0.05, 0.1) is 11.9 Å². The third-order valence-corrected chi connectivity index (χ3v) is 4.16. The summed E-state index contributed by atoms with van der Waals surface area (Å²) in [6.07, 6.45) is 7.32. The van der Waals surface area contributed by atoms with Crippen LogP contribution >= 0.6 is 0 Å². The Morgan fingerprint density at radius 1 is 0.926 bits per heavy atom. The minimum atomic E-state index is -0.168. The highest BCUT2D eigenvalue weighted by atomic mass is 16.1. The summed E-state index contributed by atoms with van der Waals surface area (Å²) < 4.78 is 0. The van der Waals surface area contributed by atoms with E-state index in [9.17, 15) is 4.79 Å². The quantitative estimate of drug-likeness (QED) is 0.564. The molecule has 3 N–H and O–H groups in total. The van der Waals surface area contributed by atoms with Crippen LogP contribution in [0.4, 0.5) is 17.1 Å². The number of nitrogens with one attached hydrogen (secondary N) is 3. The number of nitrogens with zero attached hydrogens (tertiary/aromatic N) is 1. The molecule has 136 valence electrons. The number of carbonyl (C=O) groups is 1. The van der Waals surface area contributed by atoms with Crippen molar-refractivity contribution in [3.05, 3.63) is 83.7 Å². The fourth-order valence-electron chi connectivity index (χ4n) is 2.66. The van der Waals surface area contributed by atoms with Gasteiger partial charge in [-0.05, 0) is 53.6 Å². The third-order valence-electron chi connectivity index (χ3n) is 4.16. The summed E-state index contributed by atoms with van der Waals surface area (Å²) in [5.41, 5.74) is 5.30. The van der Waals surface area contributed by atoms with Crippen molar-refractivity contribution in [3.63, 3.8) is 0 Å².